The molecule has 0 aliphatic carbocycles. The largest absolute Gasteiger partial charge is 0.507 e. The molecule has 9 heteroatoms. The summed E-state index contributed by atoms with van der Waals surface area (Å²) >= 11 is 0. The first-order valence-corrected chi connectivity index (χ1v) is 10.2. The standard InChI is InChI=1S/C22H22F2N4O3/c1-27-11-3-5-15(27)22(24)16(7-11)28(2)21-6-4-14(25-26-21)12-9-19-13(8-17(12)29)18(30)10-20(23)31-19/h4,6,8-11,15-16,22,29H,3,5,7H2,1-2H3/t11-,15+,16-,22+/m0/s1. The Kier molecular flexibility index (Phi) is 4.65. The third kappa shape index (κ3) is 3.23. The van der Waals surface area contributed by atoms with E-state index in [1.165, 1.54) is 12.1 Å². The van der Waals surface area contributed by atoms with E-state index in [-0.39, 0.29) is 34.4 Å². The Morgan fingerprint density at radius 3 is 2.77 bits per heavy atom. The summed E-state index contributed by atoms with van der Waals surface area (Å²) in [5.41, 5.74) is -0.00763. The first-order chi connectivity index (χ1) is 14.8. The van der Waals surface area contributed by atoms with Crippen molar-refractivity contribution in [3.05, 3.63) is 46.6 Å². The molecule has 2 saturated heterocycles. The van der Waals surface area contributed by atoms with E-state index in [4.69, 9.17) is 4.42 Å². The van der Waals surface area contributed by atoms with E-state index in [0.717, 1.165) is 25.3 Å². The lowest BCUT2D eigenvalue weighted by Gasteiger charge is -2.43. The SMILES string of the molecule is CN(c1ccc(-c2cc3oc(F)cc(=O)c3cc2O)nn1)[C@H]1C[C@@H]2CC[C@H]([C@H]1F)N2C. The van der Waals surface area contributed by atoms with Crippen molar-refractivity contribution in [2.75, 3.05) is 19.0 Å². The van der Waals surface area contributed by atoms with E-state index in [2.05, 4.69) is 15.1 Å². The first kappa shape index (κ1) is 19.9. The van der Waals surface area contributed by atoms with Crippen LogP contribution >= 0.6 is 0 Å². The number of phenols is 1. The third-order valence-corrected chi connectivity index (χ3v) is 6.74. The van der Waals surface area contributed by atoms with E-state index in [1.54, 1.807) is 12.1 Å². The summed E-state index contributed by atoms with van der Waals surface area (Å²) in [6.07, 6.45) is 1.63. The molecule has 2 aliphatic rings. The lowest BCUT2D eigenvalue weighted by Crippen LogP contribution is -2.56. The molecule has 0 unspecified atom stereocenters. The first-order valence-electron chi connectivity index (χ1n) is 10.2. The van der Waals surface area contributed by atoms with E-state index in [0.29, 0.717) is 17.6 Å². The molecular formula is C22H22F2N4O3. The van der Waals surface area contributed by atoms with Gasteiger partial charge >= 0.3 is 0 Å². The summed E-state index contributed by atoms with van der Waals surface area (Å²) < 4.78 is 33.5. The van der Waals surface area contributed by atoms with Gasteiger partial charge in [0.1, 0.15) is 17.5 Å². The van der Waals surface area contributed by atoms with Crippen molar-refractivity contribution < 1.29 is 18.3 Å². The van der Waals surface area contributed by atoms with E-state index in [9.17, 15) is 14.3 Å². The minimum atomic E-state index is -1.01. The van der Waals surface area contributed by atoms with E-state index in [1.807, 2.05) is 19.0 Å². The molecule has 4 heterocycles. The van der Waals surface area contributed by atoms with Crippen molar-refractivity contribution in [3.63, 3.8) is 0 Å². The Balaban J connectivity index is 1.44. The van der Waals surface area contributed by atoms with Crippen LogP contribution in [0.2, 0.25) is 0 Å². The van der Waals surface area contributed by atoms with Gasteiger partial charge in [-0.1, -0.05) is 0 Å². The predicted molar refractivity (Wildman–Crippen MR) is 111 cm³/mol. The molecule has 7 nitrogen and oxygen atoms in total. The second-order valence-electron chi connectivity index (χ2n) is 8.38. The van der Waals surface area contributed by atoms with Gasteiger partial charge in [0.25, 0.3) is 6.01 Å². The van der Waals surface area contributed by atoms with Crippen molar-refractivity contribution >= 4 is 16.8 Å². The molecule has 0 spiro atoms. The van der Waals surface area contributed by atoms with Gasteiger partial charge in [-0.05, 0) is 50.6 Å². The molecule has 2 bridgehead atoms. The van der Waals surface area contributed by atoms with Crippen molar-refractivity contribution in [2.45, 2.75) is 43.6 Å². The Hall–Kier alpha value is -3.07. The molecule has 0 amide bonds. The smallest absolute Gasteiger partial charge is 0.282 e. The van der Waals surface area contributed by atoms with Gasteiger partial charge in [-0.2, -0.15) is 4.39 Å². The minimum Gasteiger partial charge on any atom is -0.507 e. The Labute approximate surface area is 176 Å². The van der Waals surface area contributed by atoms with Gasteiger partial charge in [0.05, 0.1) is 23.2 Å². The monoisotopic (exact) mass is 428 g/mol. The Morgan fingerprint density at radius 1 is 1.23 bits per heavy atom. The molecule has 31 heavy (non-hydrogen) atoms. The fraction of sp³-hybridized carbons (Fsp3) is 0.409. The molecule has 4 atom stereocenters. The van der Waals surface area contributed by atoms with E-state index < -0.39 is 17.6 Å². The molecule has 3 aromatic rings. The van der Waals surface area contributed by atoms with Gasteiger partial charge in [-0.3, -0.25) is 9.69 Å². The maximum atomic E-state index is 15.1. The summed E-state index contributed by atoms with van der Waals surface area (Å²) in [5, 5.41) is 18.8. The maximum Gasteiger partial charge on any atom is 0.282 e. The predicted octanol–water partition coefficient (Wildman–Crippen LogP) is 3.10. The molecule has 1 aromatic carbocycles. The minimum absolute atomic E-state index is 0.00265. The quantitative estimate of drug-likeness (QED) is 0.686. The summed E-state index contributed by atoms with van der Waals surface area (Å²) in [4.78, 5) is 15.9. The lowest BCUT2D eigenvalue weighted by atomic mass is 9.95. The van der Waals surface area contributed by atoms with Crippen LogP contribution in [0.4, 0.5) is 14.6 Å². The van der Waals surface area contributed by atoms with Gasteiger partial charge < -0.3 is 14.4 Å². The number of rotatable bonds is 3. The summed E-state index contributed by atoms with van der Waals surface area (Å²) in [5.74, 6) is 0.329. The van der Waals surface area contributed by atoms with Crippen LogP contribution in [0.5, 0.6) is 5.75 Å². The van der Waals surface area contributed by atoms with Crippen molar-refractivity contribution in [3.8, 4) is 17.0 Å². The number of alkyl halides is 1. The van der Waals surface area contributed by atoms with Crippen LogP contribution in [0.1, 0.15) is 19.3 Å². The molecule has 2 aliphatic heterocycles. The number of benzene rings is 1. The topological polar surface area (TPSA) is 82.7 Å². The zero-order chi connectivity index (χ0) is 21.9. The maximum absolute atomic E-state index is 15.1. The van der Waals surface area contributed by atoms with Gasteiger partial charge in [0.15, 0.2) is 11.2 Å². The second-order valence-corrected chi connectivity index (χ2v) is 8.38. The molecule has 1 N–H and O–H groups in total. The van der Waals surface area contributed by atoms with Gasteiger partial charge in [-0.15, -0.1) is 10.2 Å². The fourth-order valence-corrected chi connectivity index (χ4v) is 4.94. The molecule has 2 aromatic heterocycles. The van der Waals surface area contributed by atoms with E-state index >= 15 is 4.39 Å². The van der Waals surface area contributed by atoms with Crippen molar-refractivity contribution in [2.24, 2.45) is 0 Å². The number of halogens is 2. The highest BCUT2D eigenvalue weighted by Crippen LogP contribution is 2.39. The number of hydrogen-bond donors (Lipinski definition) is 1. The highest BCUT2D eigenvalue weighted by atomic mass is 19.1. The summed E-state index contributed by atoms with van der Waals surface area (Å²) in [7, 11) is 3.81. The number of phenolic OH excluding ortho intramolecular Hbond substituents is 1. The fourth-order valence-electron chi connectivity index (χ4n) is 4.94. The van der Waals surface area contributed by atoms with Crippen LogP contribution < -0.4 is 10.3 Å². The number of aromatic hydroxyl groups is 1. The molecule has 162 valence electrons. The zero-order valence-electron chi connectivity index (χ0n) is 17.1. The number of nitrogens with zero attached hydrogens (tertiary/aromatic N) is 4. The third-order valence-electron chi connectivity index (χ3n) is 6.74. The van der Waals surface area contributed by atoms with Crippen LogP contribution in [0.3, 0.4) is 0 Å². The summed E-state index contributed by atoms with van der Waals surface area (Å²) in [6.45, 7) is 0. The Bertz CT molecular complexity index is 1200. The molecular weight excluding hydrogens is 406 g/mol. The molecule has 5 rings (SSSR count). The zero-order valence-corrected chi connectivity index (χ0v) is 17.1. The van der Waals surface area contributed by atoms with Crippen LogP contribution in [0, 0.1) is 6.01 Å². The van der Waals surface area contributed by atoms with Crippen LogP contribution in [-0.2, 0) is 0 Å². The highest BCUT2D eigenvalue weighted by Gasteiger charge is 2.47. The van der Waals surface area contributed by atoms with Crippen LogP contribution in [-0.4, -0.2) is 58.6 Å². The number of anilines is 1. The Morgan fingerprint density at radius 2 is 2.03 bits per heavy atom. The van der Waals surface area contributed by atoms with Crippen LogP contribution in [0.15, 0.2) is 39.5 Å². The molecule has 0 radical (unpaired) electrons. The molecule has 2 fully saturated rings. The van der Waals surface area contributed by atoms with Gasteiger partial charge in [0.2, 0.25) is 0 Å². The normalized spacial score (nSPS) is 25.8. The molecule has 0 saturated carbocycles. The average molecular weight is 428 g/mol. The second kappa shape index (κ2) is 7.26. The van der Waals surface area contributed by atoms with Crippen molar-refractivity contribution in [1.29, 1.82) is 0 Å². The average Bonchev–Trinajstić information content (AvgIpc) is 3.01. The van der Waals surface area contributed by atoms with Gasteiger partial charge in [-0.25, -0.2) is 4.39 Å². The van der Waals surface area contributed by atoms with Crippen molar-refractivity contribution in [1.82, 2.24) is 15.1 Å². The number of hydrogen-bond acceptors (Lipinski definition) is 7. The summed E-state index contributed by atoms with van der Waals surface area (Å²) in [6, 6.07) is 5.68. The number of fused-ring (bicyclic) bond motifs is 3. The lowest BCUT2D eigenvalue weighted by molar-refractivity contribution is 0.0701. The highest BCUT2D eigenvalue weighted by molar-refractivity contribution is 5.85. The van der Waals surface area contributed by atoms with Gasteiger partial charge in [0, 0.05) is 24.7 Å². The van der Waals surface area contributed by atoms with Crippen LogP contribution in [0.25, 0.3) is 22.2 Å². The number of piperidine rings is 1. The number of aromatic nitrogens is 2.